The van der Waals surface area contributed by atoms with Gasteiger partial charge in [0.05, 0.1) is 6.67 Å². The summed E-state index contributed by atoms with van der Waals surface area (Å²) in [7, 11) is 0. The van der Waals surface area contributed by atoms with Crippen molar-refractivity contribution in [2.24, 2.45) is 5.92 Å². The lowest BCUT2D eigenvalue weighted by Crippen LogP contribution is -2.42. The number of carbonyl (C=O) groups is 2. The Kier molecular flexibility index (Phi) is 11.7. The van der Waals surface area contributed by atoms with Gasteiger partial charge < -0.3 is 10.4 Å². The van der Waals surface area contributed by atoms with Crippen LogP contribution in [0.3, 0.4) is 0 Å². The van der Waals surface area contributed by atoms with Gasteiger partial charge in [-0.15, -0.1) is 31.4 Å². The lowest BCUT2D eigenvalue weighted by atomic mass is 10.1. The van der Waals surface area contributed by atoms with Crippen molar-refractivity contribution in [3.8, 4) is 0 Å². The summed E-state index contributed by atoms with van der Waals surface area (Å²) in [6.07, 6.45) is 2.45. The molecule has 1 amide bonds. The number of likely N-dealkylation sites (tertiary alicyclic amines) is 1. The molecule has 1 aliphatic heterocycles. The minimum Gasteiger partial charge on any atom is -0.480 e. The molecule has 1 rings (SSSR count). The highest BCUT2D eigenvalue weighted by molar-refractivity contribution is 5.85. The Balaban J connectivity index is 0. The molecule has 0 aliphatic carbocycles. The van der Waals surface area contributed by atoms with Gasteiger partial charge in [-0.2, -0.15) is 0 Å². The van der Waals surface area contributed by atoms with Crippen LogP contribution in [0.25, 0.3) is 0 Å². The number of hydrogen-bond acceptors (Lipinski definition) is 4. The lowest BCUT2D eigenvalue weighted by Gasteiger charge is -2.21. The van der Waals surface area contributed by atoms with Crippen molar-refractivity contribution in [3.05, 3.63) is 12.7 Å². The SMILES string of the molecule is C=C[C@@H]1C[C@H](C(=O)O)N(CCNCNC(C)=O)C1.Cl.Cl. The van der Waals surface area contributed by atoms with E-state index in [-0.39, 0.29) is 36.6 Å². The number of nitrogens with zero attached hydrogens (tertiary/aromatic N) is 1. The topological polar surface area (TPSA) is 81.7 Å². The van der Waals surface area contributed by atoms with Gasteiger partial charge in [0.15, 0.2) is 0 Å². The molecule has 118 valence electrons. The first kappa shape index (κ1) is 21.5. The van der Waals surface area contributed by atoms with E-state index in [0.717, 1.165) is 6.54 Å². The van der Waals surface area contributed by atoms with E-state index in [4.69, 9.17) is 5.11 Å². The molecule has 2 atom stereocenters. The van der Waals surface area contributed by atoms with Crippen molar-refractivity contribution in [2.45, 2.75) is 19.4 Å². The molecule has 0 aromatic heterocycles. The number of halogens is 2. The minimum atomic E-state index is -0.777. The molecule has 0 aromatic carbocycles. The van der Waals surface area contributed by atoms with Crippen LogP contribution in [0.1, 0.15) is 13.3 Å². The number of carboxylic acids is 1. The highest BCUT2D eigenvalue weighted by atomic mass is 35.5. The van der Waals surface area contributed by atoms with Crippen LogP contribution in [0.4, 0.5) is 0 Å². The first-order valence-electron chi connectivity index (χ1n) is 6.09. The standard InChI is InChI=1S/C12H21N3O3.2ClH/c1-3-10-6-11(12(17)18)15(7-10)5-4-13-8-14-9(2)16;;/h3,10-11,13H,1,4-8H2,2H3,(H,14,16)(H,17,18);2*1H/t10-,11-;;/m1../s1. The molecular weight excluding hydrogens is 305 g/mol. The zero-order valence-corrected chi connectivity index (χ0v) is 13.1. The Labute approximate surface area is 131 Å². The normalized spacial score (nSPS) is 21.4. The lowest BCUT2D eigenvalue weighted by molar-refractivity contribution is -0.142. The van der Waals surface area contributed by atoms with Crippen LogP contribution in [-0.2, 0) is 9.59 Å². The predicted octanol–water partition coefficient (Wildman–Crippen LogP) is 0.474. The van der Waals surface area contributed by atoms with Gasteiger partial charge >= 0.3 is 5.97 Å². The summed E-state index contributed by atoms with van der Waals surface area (Å²) in [5.41, 5.74) is 0. The fourth-order valence-electron chi connectivity index (χ4n) is 2.11. The van der Waals surface area contributed by atoms with Crippen molar-refractivity contribution in [1.82, 2.24) is 15.5 Å². The molecule has 1 aliphatic rings. The largest absolute Gasteiger partial charge is 0.480 e. The molecule has 8 heteroatoms. The Morgan fingerprint density at radius 3 is 2.60 bits per heavy atom. The third kappa shape index (κ3) is 7.09. The van der Waals surface area contributed by atoms with Crippen LogP contribution in [-0.4, -0.2) is 54.2 Å². The van der Waals surface area contributed by atoms with Crippen molar-refractivity contribution in [2.75, 3.05) is 26.3 Å². The van der Waals surface area contributed by atoms with Gasteiger partial charge in [-0.3, -0.25) is 19.8 Å². The number of amides is 1. The molecule has 1 fully saturated rings. The molecule has 1 heterocycles. The maximum atomic E-state index is 11.1. The number of aliphatic carboxylic acids is 1. The van der Waals surface area contributed by atoms with Crippen molar-refractivity contribution >= 4 is 36.7 Å². The average molecular weight is 328 g/mol. The molecule has 0 saturated carbocycles. The maximum Gasteiger partial charge on any atom is 0.320 e. The molecule has 0 radical (unpaired) electrons. The predicted molar refractivity (Wildman–Crippen MR) is 82.5 cm³/mol. The van der Waals surface area contributed by atoms with Gasteiger partial charge in [-0.05, 0) is 12.3 Å². The molecule has 0 spiro atoms. The number of carboxylic acid groups (broad SMARTS) is 1. The Morgan fingerprint density at radius 2 is 2.10 bits per heavy atom. The molecule has 0 bridgehead atoms. The van der Waals surface area contributed by atoms with E-state index in [1.165, 1.54) is 6.92 Å². The second kappa shape index (κ2) is 10.9. The fraction of sp³-hybridized carbons (Fsp3) is 0.667. The number of hydrogen-bond donors (Lipinski definition) is 3. The third-order valence-electron chi connectivity index (χ3n) is 3.09. The van der Waals surface area contributed by atoms with Gasteiger partial charge in [0.25, 0.3) is 0 Å². The van der Waals surface area contributed by atoms with E-state index in [0.29, 0.717) is 26.2 Å². The summed E-state index contributed by atoms with van der Waals surface area (Å²) < 4.78 is 0. The zero-order chi connectivity index (χ0) is 13.5. The van der Waals surface area contributed by atoms with Gasteiger partial charge in [0, 0.05) is 26.6 Å². The Hall–Kier alpha value is -0.820. The zero-order valence-electron chi connectivity index (χ0n) is 11.5. The highest BCUT2D eigenvalue weighted by Crippen LogP contribution is 2.23. The number of carbonyl (C=O) groups excluding carboxylic acids is 1. The molecule has 20 heavy (non-hydrogen) atoms. The van der Waals surface area contributed by atoms with Crippen LogP contribution < -0.4 is 10.6 Å². The van der Waals surface area contributed by atoms with E-state index in [2.05, 4.69) is 17.2 Å². The molecule has 0 aromatic rings. The average Bonchev–Trinajstić information content (AvgIpc) is 2.71. The number of nitrogens with one attached hydrogen (secondary N) is 2. The Morgan fingerprint density at radius 1 is 1.45 bits per heavy atom. The summed E-state index contributed by atoms with van der Waals surface area (Å²) >= 11 is 0. The minimum absolute atomic E-state index is 0. The summed E-state index contributed by atoms with van der Waals surface area (Å²) in [6, 6.07) is -0.421. The summed E-state index contributed by atoms with van der Waals surface area (Å²) in [6.45, 7) is 7.62. The molecule has 0 unspecified atom stereocenters. The molecule has 6 nitrogen and oxygen atoms in total. The first-order chi connectivity index (χ1) is 8.54. The second-order valence-corrected chi connectivity index (χ2v) is 4.49. The molecule has 3 N–H and O–H groups in total. The quantitative estimate of drug-likeness (QED) is 0.360. The summed E-state index contributed by atoms with van der Waals surface area (Å²) in [5, 5.41) is 14.8. The maximum absolute atomic E-state index is 11.1. The van der Waals surface area contributed by atoms with Crippen LogP contribution in [0.5, 0.6) is 0 Å². The Bertz CT molecular complexity index is 329. The van der Waals surface area contributed by atoms with Gasteiger partial charge in [-0.25, -0.2) is 0 Å². The first-order valence-corrected chi connectivity index (χ1v) is 6.09. The smallest absolute Gasteiger partial charge is 0.320 e. The van der Waals surface area contributed by atoms with E-state index in [1.807, 2.05) is 11.0 Å². The van der Waals surface area contributed by atoms with Crippen molar-refractivity contribution in [3.63, 3.8) is 0 Å². The van der Waals surface area contributed by atoms with Gasteiger partial charge in [0.1, 0.15) is 6.04 Å². The van der Waals surface area contributed by atoms with Crippen LogP contribution in [0, 0.1) is 5.92 Å². The summed E-state index contributed by atoms with van der Waals surface area (Å²) in [5.74, 6) is -0.610. The second-order valence-electron chi connectivity index (χ2n) is 4.49. The monoisotopic (exact) mass is 327 g/mol. The third-order valence-corrected chi connectivity index (χ3v) is 3.09. The molecular formula is C12H23Cl2N3O3. The number of rotatable bonds is 7. The van der Waals surface area contributed by atoms with E-state index in [9.17, 15) is 9.59 Å². The van der Waals surface area contributed by atoms with Gasteiger partial charge in [0.2, 0.25) is 5.91 Å². The highest BCUT2D eigenvalue weighted by Gasteiger charge is 2.34. The van der Waals surface area contributed by atoms with Crippen molar-refractivity contribution in [1.29, 1.82) is 0 Å². The van der Waals surface area contributed by atoms with E-state index < -0.39 is 12.0 Å². The molecule has 1 saturated heterocycles. The van der Waals surface area contributed by atoms with Crippen molar-refractivity contribution < 1.29 is 14.7 Å². The van der Waals surface area contributed by atoms with Crippen LogP contribution in [0.15, 0.2) is 12.7 Å². The van der Waals surface area contributed by atoms with Crippen LogP contribution >= 0.6 is 24.8 Å². The van der Waals surface area contributed by atoms with Crippen LogP contribution in [0.2, 0.25) is 0 Å². The fourth-order valence-corrected chi connectivity index (χ4v) is 2.11. The summed E-state index contributed by atoms with van der Waals surface area (Å²) in [4.78, 5) is 23.7. The van der Waals surface area contributed by atoms with E-state index >= 15 is 0 Å². The van der Waals surface area contributed by atoms with E-state index in [1.54, 1.807) is 0 Å². The van der Waals surface area contributed by atoms with Gasteiger partial charge in [-0.1, -0.05) is 6.08 Å².